The van der Waals surface area contributed by atoms with Crippen LogP contribution in [0, 0.1) is 11.3 Å². The normalized spacial score (nSPS) is 20.9. The summed E-state index contributed by atoms with van der Waals surface area (Å²) in [6.07, 6.45) is 0. The minimum absolute atomic E-state index is 0.137. The summed E-state index contributed by atoms with van der Waals surface area (Å²) in [5.41, 5.74) is 2.35. The van der Waals surface area contributed by atoms with E-state index in [4.69, 9.17) is 0 Å². The Labute approximate surface area is 141 Å². The van der Waals surface area contributed by atoms with Gasteiger partial charge >= 0.3 is 0 Å². The van der Waals surface area contributed by atoms with E-state index < -0.39 is 0 Å². The molecule has 2 rings (SSSR count). The number of nitriles is 1. The number of hydrogen-bond acceptors (Lipinski definition) is 4. The van der Waals surface area contributed by atoms with Gasteiger partial charge in [0.2, 0.25) is 0 Å². The van der Waals surface area contributed by atoms with Crippen LogP contribution in [-0.4, -0.2) is 55.1 Å². The minimum atomic E-state index is -0.137. The van der Waals surface area contributed by atoms with E-state index in [1.54, 1.807) is 0 Å². The number of rotatable bonds is 6. The molecule has 1 fully saturated rings. The number of nitrogens with zero attached hydrogens (tertiary/aromatic N) is 4. The van der Waals surface area contributed by atoms with Gasteiger partial charge in [0, 0.05) is 44.5 Å². The van der Waals surface area contributed by atoms with Crippen LogP contribution in [0.5, 0.6) is 0 Å². The predicted octanol–water partition coefficient (Wildman–Crippen LogP) is 3.12. The molecule has 1 aliphatic heterocycles. The first-order valence-corrected chi connectivity index (χ1v) is 8.87. The number of anilines is 1. The monoisotopic (exact) mass is 314 g/mol. The van der Waals surface area contributed by atoms with Gasteiger partial charge in [-0.1, -0.05) is 19.1 Å². The second-order valence-electron chi connectivity index (χ2n) is 6.27. The molecular weight excluding hydrogens is 284 g/mol. The van der Waals surface area contributed by atoms with E-state index in [9.17, 15) is 5.26 Å². The van der Waals surface area contributed by atoms with E-state index >= 15 is 0 Å². The molecule has 0 bridgehead atoms. The van der Waals surface area contributed by atoms with Crippen molar-refractivity contribution in [1.82, 2.24) is 9.80 Å². The van der Waals surface area contributed by atoms with Crippen molar-refractivity contribution in [2.45, 2.75) is 39.8 Å². The van der Waals surface area contributed by atoms with Gasteiger partial charge < -0.3 is 4.90 Å². The third kappa shape index (κ3) is 4.04. The summed E-state index contributed by atoms with van der Waals surface area (Å²) in [5.74, 6) is 0. The van der Waals surface area contributed by atoms with Crippen LogP contribution >= 0.6 is 0 Å². The van der Waals surface area contributed by atoms with Crippen LogP contribution in [0.25, 0.3) is 0 Å². The van der Waals surface area contributed by atoms with E-state index in [2.05, 4.69) is 72.7 Å². The summed E-state index contributed by atoms with van der Waals surface area (Å²) in [5, 5.41) is 9.70. The summed E-state index contributed by atoms with van der Waals surface area (Å²) in [7, 11) is 0. The van der Waals surface area contributed by atoms with Gasteiger partial charge in [-0.3, -0.25) is 9.80 Å². The maximum Gasteiger partial charge on any atom is 0.123 e. The zero-order valence-corrected chi connectivity index (χ0v) is 15.0. The first kappa shape index (κ1) is 17.8. The fourth-order valence-electron chi connectivity index (χ4n) is 3.55. The van der Waals surface area contributed by atoms with Crippen LogP contribution in [0.3, 0.4) is 0 Å². The molecule has 1 aromatic carbocycles. The molecule has 0 radical (unpaired) electrons. The summed E-state index contributed by atoms with van der Waals surface area (Å²) < 4.78 is 0. The molecule has 0 spiro atoms. The van der Waals surface area contributed by atoms with Gasteiger partial charge in [-0.25, -0.2) is 0 Å². The molecule has 1 heterocycles. The Kier molecular flexibility index (Phi) is 6.44. The molecule has 23 heavy (non-hydrogen) atoms. The van der Waals surface area contributed by atoms with Gasteiger partial charge in [0.1, 0.15) is 6.04 Å². The summed E-state index contributed by atoms with van der Waals surface area (Å²) in [6, 6.07) is 11.4. The highest BCUT2D eigenvalue weighted by Crippen LogP contribution is 2.25. The van der Waals surface area contributed by atoms with Crippen LogP contribution in [0.2, 0.25) is 0 Å². The van der Waals surface area contributed by atoms with Gasteiger partial charge in [0.05, 0.1) is 6.07 Å². The van der Waals surface area contributed by atoms with Crippen LogP contribution in [0.4, 0.5) is 5.69 Å². The Balaban J connectivity index is 2.11. The quantitative estimate of drug-likeness (QED) is 0.808. The SMILES string of the molecule is CCN(CC)c1ccc(C(C#N)N2CCN(CC)C(C)C2)cc1. The molecule has 1 saturated heterocycles. The van der Waals surface area contributed by atoms with Gasteiger partial charge in [0.15, 0.2) is 0 Å². The van der Waals surface area contributed by atoms with Crippen molar-refractivity contribution in [2.75, 3.05) is 44.2 Å². The largest absolute Gasteiger partial charge is 0.372 e. The van der Waals surface area contributed by atoms with Crippen LogP contribution in [0.1, 0.15) is 39.3 Å². The average molecular weight is 314 g/mol. The zero-order valence-electron chi connectivity index (χ0n) is 15.0. The van der Waals surface area contributed by atoms with Gasteiger partial charge in [-0.15, -0.1) is 0 Å². The lowest BCUT2D eigenvalue weighted by Crippen LogP contribution is -2.52. The van der Waals surface area contributed by atoms with Crippen molar-refractivity contribution in [3.05, 3.63) is 29.8 Å². The third-order valence-electron chi connectivity index (χ3n) is 5.03. The summed E-state index contributed by atoms with van der Waals surface area (Å²) in [4.78, 5) is 7.13. The van der Waals surface area contributed by atoms with Crippen LogP contribution in [-0.2, 0) is 0 Å². The van der Waals surface area contributed by atoms with Crippen molar-refractivity contribution in [3.63, 3.8) is 0 Å². The van der Waals surface area contributed by atoms with Gasteiger partial charge in [-0.05, 0) is 45.0 Å². The van der Waals surface area contributed by atoms with Crippen molar-refractivity contribution < 1.29 is 0 Å². The number of benzene rings is 1. The Morgan fingerprint density at radius 1 is 1.17 bits per heavy atom. The van der Waals surface area contributed by atoms with E-state index in [-0.39, 0.29) is 6.04 Å². The number of piperazine rings is 1. The molecule has 0 amide bonds. The van der Waals surface area contributed by atoms with E-state index in [0.29, 0.717) is 6.04 Å². The smallest absolute Gasteiger partial charge is 0.123 e. The Hall–Kier alpha value is -1.57. The lowest BCUT2D eigenvalue weighted by Gasteiger charge is -2.41. The average Bonchev–Trinajstić information content (AvgIpc) is 2.58. The Morgan fingerprint density at radius 3 is 2.30 bits per heavy atom. The van der Waals surface area contributed by atoms with Crippen molar-refractivity contribution in [2.24, 2.45) is 0 Å². The Morgan fingerprint density at radius 2 is 1.83 bits per heavy atom. The molecule has 126 valence electrons. The van der Waals surface area contributed by atoms with E-state index in [1.807, 2.05) is 0 Å². The van der Waals surface area contributed by atoms with Gasteiger partial charge in [0.25, 0.3) is 0 Å². The third-order valence-corrected chi connectivity index (χ3v) is 5.03. The molecule has 0 N–H and O–H groups in total. The zero-order chi connectivity index (χ0) is 16.8. The van der Waals surface area contributed by atoms with Crippen LogP contribution in [0.15, 0.2) is 24.3 Å². The van der Waals surface area contributed by atoms with Gasteiger partial charge in [-0.2, -0.15) is 5.26 Å². The summed E-state index contributed by atoms with van der Waals surface area (Å²) >= 11 is 0. The highest BCUT2D eigenvalue weighted by Gasteiger charge is 2.28. The molecule has 1 aliphatic rings. The van der Waals surface area contributed by atoms with Crippen molar-refractivity contribution in [1.29, 1.82) is 5.26 Å². The lowest BCUT2D eigenvalue weighted by molar-refractivity contribution is 0.0730. The fraction of sp³-hybridized carbons (Fsp3) is 0.632. The highest BCUT2D eigenvalue weighted by atomic mass is 15.3. The molecule has 2 unspecified atom stereocenters. The molecule has 2 atom stereocenters. The molecule has 4 nitrogen and oxygen atoms in total. The molecule has 0 aliphatic carbocycles. The molecule has 0 aromatic heterocycles. The number of hydrogen-bond donors (Lipinski definition) is 0. The lowest BCUT2D eigenvalue weighted by atomic mass is 10.0. The Bertz CT molecular complexity index is 515. The van der Waals surface area contributed by atoms with E-state index in [1.165, 1.54) is 5.69 Å². The predicted molar refractivity (Wildman–Crippen MR) is 96.6 cm³/mol. The number of likely N-dealkylation sites (N-methyl/N-ethyl adjacent to an activating group) is 1. The van der Waals surface area contributed by atoms with Crippen molar-refractivity contribution >= 4 is 5.69 Å². The highest BCUT2D eigenvalue weighted by molar-refractivity contribution is 5.48. The summed E-state index contributed by atoms with van der Waals surface area (Å²) in [6.45, 7) is 14.9. The standard InChI is InChI=1S/C19H30N4/c1-5-21(6-2)18-10-8-17(9-11-18)19(14-20)23-13-12-22(7-3)16(4)15-23/h8-11,16,19H,5-7,12-13,15H2,1-4H3. The van der Waals surface area contributed by atoms with Crippen LogP contribution < -0.4 is 4.90 Å². The topological polar surface area (TPSA) is 33.5 Å². The van der Waals surface area contributed by atoms with E-state index in [0.717, 1.165) is 44.8 Å². The maximum absolute atomic E-state index is 9.70. The maximum atomic E-state index is 9.70. The molecular formula is C19H30N4. The fourth-order valence-corrected chi connectivity index (χ4v) is 3.55. The molecule has 4 heteroatoms. The first-order valence-electron chi connectivity index (χ1n) is 8.87. The first-order chi connectivity index (χ1) is 11.1. The van der Waals surface area contributed by atoms with Crippen molar-refractivity contribution in [3.8, 4) is 6.07 Å². The minimum Gasteiger partial charge on any atom is -0.372 e. The molecule has 1 aromatic rings. The second-order valence-corrected chi connectivity index (χ2v) is 6.27. The molecule has 0 saturated carbocycles. The second kappa shape index (κ2) is 8.33.